The predicted molar refractivity (Wildman–Crippen MR) is 59.7 cm³/mol. The van der Waals surface area contributed by atoms with E-state index < -0.39 is 13.2 Å². The molecule has 0 unspecified atom stereocenters. The molecule has 3 N–H and O–H groups in total. The highest BCUT2D eigenvalue weighted by Gasteiger charge is 2.11. The summed E-state index contributed by atoms with van der Waals surface area (Å²) in [5.41, 5.74) is 0.453. The standard InChI is InChI=1S/C7H7ClN2O2.HO3P/c1-9-6-3-2-5(8)4-7(6)10(11)12;1-4(2)3/h2-4,9H,1H3;(H-,1,2,3)/p+1. The molecule has 0 fully saturated rings. The van der Waals surface area contributed by atoms with Gasteiger partial charge in [0, 0.05) is 22.7 Å². The van der Waals surface area contributed by atoms with Gasteiger partial charge in [-0.2, -0.15) is 0 Å². The number of nitrogens with zero attached hydrogens (tertiary/aromatic N) is 1. The summed E-state index contributed by atoms with van der Waals surface area (Å²) in [5, 5.41) is 13.5. The molecule has 0 amide bonds. The Kier molecular flexibility index (Phi) is 6.52. The fraction of sp³-hybridized carbons (Fsp3) is 0.143. The van der Waals surface area contributed by atoms with Gasteiger partial charge in [0.1, 0.15) is 5.69 Å². The van der Waals surface area contributed by atoms with E-state index in [1.54, 1.807) is 19.2 Å². The van der Waals surface area contributed by atoms with Gasteiger partial charge < -0.3 is 5.32 Å². The van der Waals surface area contributed by atoms with Gasteiger partial charge in [-0.05, 0) is 12.1 Å². The minimum absolute atomic E-state index is 0.00926. The van der Waals surface area contributed by atoms with Crippen LogP contribution in [0.3, 0.4) is 0 Å². The Hall–Kier alpha value is -1.27. The average Bonchev–Trinajstić information content (AvgIpc) is 2.16. The quantitative estimate of drug-likeness (QED) is 0.429. The van der Waals surface area contributed by atoms with Crippen LogP contribution in [0.4, 0.5) is 11.4 Å². The van der Waals surface area contributed by atoms with Crippen molar-refractivity contribution in [2.24, 2.45) is 0 Å². The summed E-state index contributed by atoms with van der Waals surface area (Å²) in [6.45, 7) is 0. The first kappa shape index (κ1) is 14.7. The van der Waals surface area contributed by atoms with E-state index in [1.807, 2.05) is 0 Å². The van der Waals surface area contributed by atoms with E-state index >= 15 is 0 Å². The van der Waals surface area contributed by atoms with E-state index in [0.717, 1.165) is 0 Å². The first-order chi connectivity index (χ1) is 7.38. The number of benzene rings is 1. The van der Waals surface area contributed by atoms with Gasteiger partial charge >= 0.3 is 8.25 Å². The summed E-state index contributed by atoms with van der Waals surface area (Å²) in [6.07, 6.45) is 0. The van der Waals surface area contributed by atoms with Gasteiger partial charge in [0.25, 0.3) is 5.69 Å². The van der Waals surface area contributed by atoms with Crippen molar-refractivity contribution in [3.8, 4) is 0 Å². The lowest BCUT2D eigenvalue weighted by molar-refractivity contribution is -0.383. The minimum Gasteiger partial charge on any atom is -0.383 e. The fourth-order valence-electron chi connectivity index (χ4n) is 0.867. The minimum atomic E-state index is -2.87. The summed E-state index contributed by atoms with van der Waals surface area (Å²) in [6, 6.07) is 4.48. The third-order valence-corrected chi connectivity index (χ3v) is 1.66. The molecule has 0 heterocycles. The zero-order chi connectivity index (χ0) is 12.7. The Morgan fingerprint density at radius 2 is 2.00 bits per heavy atom. The van der Waals surface area contributed by atoms with Gasteiger partial charge in [-0.15, -0.1) is 9.79 Å². The number of nitro groups is 1. The van der Waals surface area contributed by atoms with E-state index in [2.05, 4.69) is 5.32 Å². The number of rotatable bonds is 2. The van der Waals surface area contributed by atoms with Crippen molar-refractivity contribution in [1.82, 2.24) is 0 Å². The van der Waals surface area contributed by atoms with Crippen LogP contribution in [0.1, 0.15) is 0 Å². The lowest BCUT2D eigenvalue weighted by atomic mass is 10.3. The molecule has 9 heteroatoms. The second-order valence-corrected chi connectivity index (χ2v) is 3.36. The van der Waals surface area contributed by atoms with Gasteiger partial charge in [0.15, 0.2) is 0 Å². The average molecular weight is 268 g/mol. The molecule has 16 heavy (non-hydrogen) atoms. The second kappa shape index (κ2) is 7.08. The molecule has 0 aromatic heterocycles. The van der Waals surface area contributed by atoms with Crippen molar-refractivity contribution in [2.45, 2.75) is 0 Å². The van der Waals surface area contributed by atoms with Crippen LogP contribution in [0, 0.1) is 10.1 Å². The zero-order valence-electron chi connectivity index (χ0n) is 8.12. The molecule has 0 atom stereocenters. The van der Waals surface area contributed by atoms with Crippen molar-refractivity contribution >= 4 is 31.2 Å². The van der Waals surface area contributed by atoms with Crippen LogP contribution in [0.2, 0.25) is 5.02 Å². The fourth-order valence-corrected chi connectivity index (χ4v) is 1.03. The Balaban J connectivity index is 0.000000487. The molecule has 0 aliphatic carbocycles. The third kappa shape index (κ3) is 5.57. The van der Waals surface area contributed by atoms with Gasteiger partial charge in [-0.3, -0.25) is 10.1 Å². The van der Waals surface area contributed by atoms with Crippen LogP contribution in [-0.2, 0) is 4.57 Å². The van der Waals surface area contributed by atoms with Crippen molar-refractivity contribution in [3.63, 3.8) is 0 Å². The van der Waals surface area contributed by atoms with Crippen molar-refractivity contribution in [1.29, 1.82) is 0 Å². The first-order valence-corrected chi connectivity index (χ1v) is 5.39. The van der Waals surface area contributed by atoms with Crippen LogP contribution in [0.15, 0.2) is 18.2 Å². The number of anilines is 1. The molecule has 0 spiro atoms. The molecule has 0 radical (unpaired) electrons. The van der Waals surface area contributed by atoms with Gasteiger partial charge in [-0.1, -0.05) is 11.6 Å². The highest BCUT2D eigenvalue weighted by atomic mass is 35.5. The van der Waals surface area contributed by atoms with Crippen LogP contribution in [-0.4, -0.2) is 21.8 Å². The SMILES string of the molecule is CNc1ccc(Cl)cc1[N+](=O)[O-].O=[P+](O)O. The van der Waals surface area contributed by atoms with Crippen LogP contribution in [0.5, 0.6) is 0 Å². The van der Waals surface area contributed by atoms with Crippen LogP contribution in [0.25, 0.3) is 0 Å². The molecule has 0 bridgehead atoms. The Bertz CT molecular complexity index is 396. The summed E-state index contributed by atoms with van der Waals surface area (Å²) in [7, 11) is -1.25. The largest absolute Gasteiger partial charge is 0.692 e. The topological polar surface area (TPSA) is 113 Å². The van der Waals surface area contributed by atoms with Crippen LogP contribution >= 0.6 is 19.9 Å². The van der Waals surface area contributed by atoms with E-state index in [-0.39, 0.29) is 5.69 Å². The van der Waals surface area contributed by atoms with E-state index in [1.165, 1.54) is 6.07 Å². The maximum Gasteiger partial charge on any atom is 0.692 e. The number of nitro benzene ring substituents is 1. The number of halogens is 1. The Morgan fingerprint density at radius 3 is 2.38 bits per heavy atom. The molecular formula is C7H9ClN2O5P+. The van der Waals surface area contributed by atoms with Crippen molar-refractivity contribution in [2.75, 3.05) is 12.4 Å². The summed E-state index contributed by atoms with van der Waals surface area (Å²) in [5.74, 6) is 0. The predicted octanol–water partition coefficient (Wildman–Crippen LogP) is 1.92. The summed E-state index contributed by atoms with van der Waals surface area (Å²) in [4.78, 5) is 24.2. The summed E-state index contributed by atoms with van der Waals surface area (Å²) < 4.78 is 8.70. The molecule has 1 aromatic rings. The van der Waals surface area contributed by atoms with E-state index in [0.29, 0.717) is 10.7 Å². The maximum atomic E-state index is 10.4. The first-order valence-electron chi connectivity index (χ1n) is 3.85. The molecule has 1 rings (SSSR count). The van der Waals surface area contributed by atoms with Crippen molar-refractivity contribution < 1.29 is 19.3 Å². The molecule has 0 aliphatic heterocycles. The number of hydrogen-bond acceptors (Lipinski definition) is 4. The molecule has 0 aliphatic rings. The van der Waals surface area contributed by atoms with Crippen LogP contribution < -0.4 is 5.32 Å². The Morgan fingerprint density at radius 1 is 1.50 bits per heavy atom. The Labute approximate surface area is 96.8 Å². The van der Waals surface area contributed by atoms with Gasteiger partial charge in [-0.25, -0.2) is 0 Å². The molecule has 88 valence electrons. The smallest absolute Gasteiger partial charge is 0.383 e. The lowest BCUT2D eigenvalue weighted by Gasteiger charge is -2.00. The number of nitrogens with one attached hydrogen (secondary N) is 1. The number of hydrogen-bond donors (Lipinski definition) is 3. The highest BCUT2D eigenvalue weighted by Crippen LogP contribution is 2.26. The van der Waals surface area contributed by atoms with E-state index in [4.69, 9.17) is 26.0 Å². The molecule has 0 saturated heterocycles. The molecule has 0 saturated carbocycles. The molecule has 1 aromatic carbocycles. The molecule has 7 nitrogen and oxygen atoms in total. The maximum absolute atomic E-state index is 10.4. The van der Waals surface area contributed by atoms with Gasteiger partial charge in [0.05, 0.1) is 4.92 Å². The third-order valence-electron chi connectivity index (χ3n) is 1.43. The molecular weight excluding hydrogens is 259 g/mol. The lowest BCUT2D eigenvalue weighted by Crippen LogP contribution is -1.95. The second-order valence-electron chi connectivity index (χ2n) is 2.42. The normalized spacial score (nSPS) is 8.75. The highest BCUT2D eigenvalue weighted by molar-refractivity contribution is 7.30. The monoisotopic (exact) mass is 267 g/mol. The van der Waals surface area contributed by atoms with Gasteiger partial charge in [0.2, 0.25) is 0 Å². The summed E-state index contributed by atoms with van der Waals surface area (Å²) >= 11 is 5.59. The zero-order valence-corrected chi connectivity index (χ0v) is 9.77. The van der Waals surface area contributed by atoms with Crippen molar-refractivity contribution in [3.05, 3.63) is 33.3 Å². The van der Waals surface area contributed by atoms with E-state index in [9.17, 15) is 10.1 Å².